The maximum atomic E-state index is 12.5. The Morgan fingerprint density at radius 2 is 1.95 bits per heavy atom. The average molecular weight is 261 g/mol. The lowest BCUT2D eigenvalue weighted by molar-refractivity contribution is 0.0746. The topological polar surface area (TPSA) is 44.4 Å². The van der Waals surface area contributed by atoms with Crippen molar-refractivity contribution >= 4 is 17.3 Å². The molecule has 2 rings (SSSR count). The number of nitrogens with one attached hydrogen (secondary N) is 2. The molecular formula is C15H23N3O. The number of amides is 1. The summed E-state index contributed by atoms with van der Waals surface area (Å²) in [5.74, 6) is 0.604. The van der Waals surface area contributed by atoms with E-state index in [4.69, 9.17) is 0 Å². The lowest BCUT2D eigenvalue weighted by Gasteiger charge is -2.25. The molecule has 0 aliphatic carbocycles. The minimum absolute atomic E-state index is 0.117. The van der Waals surface area contributed by atoms with Gasteiger partial charge in [0, 0.05) is 31.7 Å². The zero-order chi connectivity index (χ0) is 13.8. The zero-order valence-electron chi connectivity index (χ0n) is 12.0. The van der Waals surface area contributed by atoms with Gasteiger partial charge in [-0.1, -0.05) is 13.8 Å². The van der Waals surface area contributed by atoms with Crippen LogP contribution in [0.1, 0.15) is 31.1 Å². The highest BCUT2D eigenvalue weighted by Gasteiger charge is 2.17. The largest absolute Gasteiger partial charge is 0.382 e. The highest BCUT2D eigenvalue weighted by atomic mass is 16.2. The molecular weight excluding hydrogens is 238 g/mol. The lowest BCUT2D eigenvalue weighted by atomic mass is 10.1. The number of nitrogens with zero attached hydrogens (tertiary/aromatic N) is 1. The van der Waals surface area contributed by atoms with E-state index in [0.29, 0.717) is 5.92 Å². The molecule has 0 atom stereocenters. The Labute approximate surface area is 115 Å². The van der Waals surface area contributed by atoms with Crippen LogP contribution in [0.3, 0.4) is 0 Å². The van der Waals surface area contributed by atoms with E-state index in [0.717, 1.165) is 43.1 Å². The van der Waals surface area contributed by atoms with E-state index >= 15 is 0 Å². The minimum atomic E-state index is 0.117. The van der Waals surface area contributed by atoms with Crippen LogP contribution in [0, 0.1) is 5.92 Å². The summed E-state index contributed by atoms with van der Waals surface area (Å²) < 4.78 is 0. The standard InChI is InChI=1S/C15H23N3O/c1-4-18(10-11(2)3)15(19)12-5-6-13-14(9-12)17-8-7-16-13/h5-6,9,11,16-17H,4,7-8,10H2,1-3H3. The number of hydrogen-bond acceptors (Lipinski definition) is 3. The predicted molar refractivity (Wildman–Crippen MR) is 79.8 cm³/mol. The van der Waals surface area contributed by atoms with Crippen molar-refractivity contribution in [3.8, 4) is 0 Å². The third-order valence-electron chi connectivity index (χ3n) is 3.28. The summed E-state index contributed by atoms with van der Waals surface area (Å²) in [7, 11) is 0. The Hall–Kier alpha value is -1.71. The van der Waals surface area contributed by atoms with Crippen LogP contribution in [0.4, 0.5) is 11.4 Å². The molecule has 1 aromatic carbocycles. The van der Waals surface area contributed by atoms with Gasteiger partial charge in [-0.3, -0.25) is 4.79 Å². The van der Waals surface area contributed by atoms with Gasteiger partial charge in [-0.05, 0) is 31.0 Å². The number of carbonyl (C=O) groups is 1. The molecule has 2 N–H and O–H groups in total. The van der Waals surface area contributed by atoms with Gasteiger partial charge in [0.05, 0.1) is 11.4 Å². The number of benzene rings is 1. The summed E-state index contributed by atoms with van der Waals surface area (Å²) in [5.41, 5.74) is 2.87. The predicted octanol–water partition coefficient (Wildman–Crippen LogP) is 2.64. The third-order valence-corrected chi connectivity index (χ3v) is 3.28. The summed E-state index contributed by atoms with van der Waals surface area (Å²) in [4.78, 5) is 14.4. The highest BCUT2D eigenvalue weighted by Crippen LogP contribution is 2.26. The van der Waals surface area contributed by atoms with Crippen LogP contribution in [0.5, 0.6) is 0 Å². The molecule has 1 aliphatic rings. The van der Waals surface area contributed by atoms with Crippen LogP contribution < -0.4 is 10.6 Å². The maximum absolute atomic E-state index is 12.5. The van der Waals surface area contributed by atoms with Crippen LogP contribution in [-0.2, 0) is 0 Å². The van der Waals surface area contributed by atoms with Crippen LogP contribution in [0.15, 0.2) is 18.2 Å². The summed E-state index contributed by atoms with van der Waals surface area (Å²) in [6.07, 6.45) is 0. The molecule has 104 valence electrons. The van der Waals surface area contributed by atoms with Gasteiger partial charge in [-0.2, -0.15) is 0 Å². The Balaban J connectivity index is 2.18. The fourth-order valence-corrected chi connectivity index (χ4v) is 2.35. The molecule has 1 aromatic rings. The molecule has 0 bridgehead atoms. The first-order chi connectivity index (χ1) is 9.11. The summed E-state index contributed by atoms with van der Waals surface area (Å²) in [5, 5.41) is 6.64. The van der Waals surface area contributed by atoms with Crippen LogP contribution in [0.2, 0.25) is 0 Å². The maximum Gasteiger partial charge on any atom is 0.253 e. The van der Waals surface area contributed by atoms with E-state index in [2.05, 4.69) is 24.5 Å². The minimum Gasteiger partial charge on any atom is -0.382 e. The van der Waals surface area contributed by atoms with Gasteiger partial charge >= 0.3 is 0 Å². The van der Waals surface area contributed by atoms with Crippen molar-refractivity contribution in [2.75, 3.05) is 36.8 Å². The van der Waals surface area contributed by atoms with Crippen molar-refractivity contribution in [3.63, 3.8) is 0 Å². The second kappa shape index (κ2) is 5.95. The van der Waals surface area contributed by atoms with E-state index in [1.807, 2.05) is 30.0 Å². The van der Waals surface area contributed by atoms with E-state index in [1.54, 1.807) is 0 Å². The van der Waals surface area contributed by atoms with Gasteiger partial charge in [-0.25, -0.2) is 0 Å². The van der Waals surface area contributed by atoms with Crippen LogP contribution >= 0.6 is 0 Å². The quantitative estimate of drug-likeness (QED) is 0.875. The van der Waals surface area contributed by atoms with E-state index < -0.39 is 0 Å². The monoisotopic (exact) mass is 261 g/mol. The molecule has 4 nitrogen and oxygen atoms in total. The van der Waals surface area contributed by atoms with Crippen molar-refractivity contribution in [2.45, 2.75) is 20.8 Å². The molecule has 0 aromatic heterocycles. The van der Waals surface area contributed by atoms with Gasteiger partial charge in [0.2, 0.25) is 0 Å². The van der Waals surface area contributed by atoms with Crippen molar-refractivity contribution in [1.82, 2.24) is 4.90 Å². The zero-order valence-corrected chi connectivity index (χ0v) is 12.0. The summed E-state index contributed by atoms with van der Waals surface area (Å²) >= 11 is 0. The number of anilines is 2. The molecule has 0 unspecified atom stereocenters. The molecule has 0 radical (unpaired) electrons. The first-order valence-electron chi connectivity index (χ1n) is 7.03. The third kappa shape index (κ3) is 3.19. The van der Waals surface area contributed by atoms with E-state index in [-0.39, 0.29) is 5.91 Å². The Morgan fingerprint density at radius 1 is 1.26 bits per heavy atom. The van der Waals surface area contributed by atoms with Crippen LogP contribution in [-0.4, -0.2) is 37.0 Å². The summed E-state index contributed by atoms with van der Waals surface area (Å²) in [6.45, 7) is 9.67. The van der Waals surface area contributed by atoms with Gasteiger partial charge in [0.1, 0.15) is 0 Å². The van der Waals surface area contributed by atoms with E-state index in [1.165, 1.54) is 0 Å². The molecule has 0 fully saturated rings. The average Bonchev–Trinajstić information content (AvgIpc) is 2.43. The molecule has 4 heteroatoms. The fraction of sp³-hybridized carbons (Fsp3) is 0.533. The molecule has 0 saturated carbocycles. The Kier molecular flexibility index (Phi) is 4.30. The highest BCUT2D eigenvalue weighted by molar-refractivity contribution is 5.96. The number of hydrogen-bond donors (Lipinski definition) is 2. The lowest BCUT2D eigenvalue weighted by Crippen LogP contribution is -2.34. The molecule has 19 heavy (non-hydrogen) atoms. The molecule has 1 amide bonds. The van der Waals surface area contributed by atoms with E-state index in [9.17, 15) is 4.79 Å². The normalized spacial score (nSPS) is 13.5. The Bertz CT molecular complexity index is 457. The van der Waals surface area contributed by atoms with Crippen LogP contribution in [0.25, 0.3) is 0 Å². The molecule has 1 aliphatic heterocycles. The van der Waals surface area contributed by atoms with Gasteiger partial charge < -0.3 is 15.5 Å². The van der Waals surface area contributed by atoms with Crippen molar-refractivity contribution in [2.24, 2.45) is 5.92 Å². The fourth-order valence-electron chi connectivity index (χ4n) is 2.35. The summed E-state index contributed by atoms with van der Waals surface area (Å²) in [6, 6.07) is 5.84. The molecule has 1 heterocycles. The van der Waals surface area contributed by atoms with Crippen molar-refractivity contribution in [1.29, 1.82) is 0 Å². The SMILES string of the molecule is CCN(CC(C)C)C(=O)c1ccc2c(c1)NCCN2. The van der Waals surface area contributed by atoms with Gasteiger partial charge in [0.15, 0.2) is 0 Å². The smallest absolute Gasteiger partial charge is 0.253 e. The number of rotatable bonds is 4. The number of fused-ring (bicyclic) bond motifs is 1. The molecule has 0 saturated heterocycles. The number of carbonyl (C=O) groups excluding carboxylic acids is 1. The molecule has 0 spiro atoms. The van der Waals surface area contributed by atoms with Crippen molar-refractivity contribution in [3.05, 3.63) is 23.8 Å². The van der Waals surface area contributed by atoms with Gasteiger partial charge in [0.25, 0.3) is 5.91 Å². The Morgan fingerprint density at radius 3 is 2.58 bits per heavy atom. The first-order valence-corrected chi connectivity index (χ1v) is 7.03. The second-order valence-corrected chi connectivity index (χ2v) is 5.35. The van der Waals surface area contributed by atoms with Crippen molar-refractivity contribution < 1.29 is 4.79 Å². The van der Waals surface area contributed by atoms with Gasteiger partial charge in [-0.15, -0.1) is 0 Å². The second-order valence-electron chi connectivity index (χ2n) is 5.35. The first kappa shape index (κ1) is 13.7.